The summed E-state index contributed by atoms with van der Waals surface area (Å²) in [4.78, 5) is 15.5. The number of carbonyl (C=O) groups excluding carboxylic acids is 1. The van der Waals surface area contributed by atoms with Crippen LogP contribution in [0.25, 0.3) is 0 Å². The molecule has 0 unspecified atom stereocenters. The summed E-state index contributed by atoms with van der Waals surface area (Å²) < 4.78 is 0.932. The maximum absolute atomic E-state index is 12.3. The van der Waals surface area contributed by atoms with Gasteiger partial charge in [-0.2, -0.15) is 0 Å². The molecule has 0 radical (unpaired) electrons. The summed E-state index contributed by atoms with van der Waals surface area (Å²) in [5, 5.41) is 9.58. The van der Waals surface area contributed by atoms with Crippen molar-refractivity contribution in [3.8, 4) is 0 Å². The molecule has 1 atom stereocenters. The molecule has 4 nitrogen and oxygen atoms in total. The van der Waals surface area contributed by atoms with Crippen LogP contribution >= 0.6 is 15.9 Å². The number of rotatable bonds is 4. The van der Waals surface area contributed by atoms with Crippen LogP contribution in [0.4, 0.5) is 4.79 Å². The summed E-state index contributed by atoms with van der Waals surface area (Å²) in [6.07, 6.45) is 0. The first-order valence-electron chi connectivity index (χ1n) is 6.24. The molecule has 0 bridgehead atoms. The van der Waals surface area contributed by atoms with Gasteiger partial charge >= 0.3 is 6.03 Å². The molecular weight excluding hydrogens is 308 g/mol. The Kier molecular flexibility index (Phi) is 5.82. The summed E-state index contributed by atoms with van der Waals surface area (Å²) >= 11 is 3.40. The lowest BCUT2D eigenvalue weighted by Crippen LogP contribution is -2.44. The molecule has 0 aliphatic carbocycles. The van der Waals surface area contributed by atoms with Gasteiger partial charge in [0.05, 0.1) is 12.6 Å². The number of benzene rings is 1. The quantitative estimate of drug-likeness (QED) is 0.923. The fraction of sp³-hybridized carbons (Fsp3) is 0.500. The molecule has 19 heavy (non-hydrogen) atoms. The third-order valence-corrected chi connectivity index (χ3v) is 3.75. The summed E-state index contributed by atoms with van der Waals surface area (Å²) in [6, 6.07) is 7.31. The zero-order valence-electron chi connectivity index (χ0n) is 11.8. The number of aliphatic hydroxyl groups is 1. The first kappa shape index (κ1) is 16.0. The Labute approximate surface area is 123 Å². The minimum atomic E-state index is -0.341. The minimum absolute atomic E-state index is 0.103. The number of halogens is 1. The molecule has 0 aromatic heterocycles. The van der Waals surface area contributed by atoms with Gasteiger partial charge in [0.2, 0.25) is 0 Å². The van der Waals surface area contributed by atoms with Gasteiger partial charge in [0, 0.05) is 24.6 Å². The van der Waals surface area contributed by atoms with Crippen molar-refractivity contribution in [2.45, 2.75) is 25.9 Å². The smallest absolute Gasteiger partial charge is 0.320 e. The highest BCUT2D eigenvalue weighted by Crippen LogP contribution is 2.23. The average molecular weight is 329 g/mol. The van der Waals surface area contributed by atoms with Gasteiger partial charge in [0.25, 0.3) is 0 Å². The SMILES string of the molecule is CC(C)N(C)C(=O)N(C)[C@@H](CO)c1cccc(Br)c1. The highest BCUT2D eigenvalue weighted by Gasteiger charge is 2.24. The second kappa shape index (κ2) is 6.91. The standard InChI is InChI=1S/C14H21BrN2O2/c1-10(2)16(3)14(19)17(4)13(9-18)11-6-5-7-12(15)8-11/h5-8,10,13,18H,9H2,1-4H3/t13-/m0/s1. The number of carbonyl (C=O) groups is 1. The molecule has 0 aliphatic heterocycles. The van der Waals surface area contributed by atoms with Crippen LogP contribution in [0.2, 0.25) is 0 Å². The van der Waals surface area contributed by atoms with E-state index in [-0.39, 0.29) is 24.7 Å². The molecule has 0 spiro atoms. The van der Waals surface area contributed by atoms with Gasteiger partial charge in [-0.25, -0.2) is 4.79 Å². The van der Waals surface area contributed by atoms with Gasteiger partial charge in [-0.3, -0.25) is 0 Å². The molecule has 106 valence electrons. The number of hydrogen-bond donors (Lipinski definition) is 1. The van der Waals surface area contributed by atoms with E-state index in [1.807, 2.05) is 38.1 Å². The lowest BCUT2D eigenvalue weighted by atomic mass is 10.1. The van der Waals surface area contributed by atoms with E-state index in [0.29, 0.717) is 0 Å². The fourth-order valence-electron chi connectivity index (χ4n) is 1.77. The van der Waals surface area contributed by atoms with E-state index in [2.05, 4.69) is 15.9 Å². The molecule has 1 aromatic carbocycles. The van der Waals surface area contributed by atoms with Crippen LogP contribution in [0.3, 0.4) is 0 Å². The number of likely N-dealkylation sites (N-methyl/N-ethyl adjacent to an activating group) is 1. The van der Waals surface area contributed by atoms with Crippen LogP contribution in [0.1, 0.15) is 25.5 Å². The highest BCUT2D eigenvalue weighted by molar-refractivity contribution is 9.10. The summed E-state index contributed by atoms with van der Waals surface area (Å²) in [5.41, 5.74) is 0.907. The Balaban J connectivity index is 2.94. The van der Waals surface area contributed by atoms with Gasteiger partial charge in [-0.15, -0.1) is 0 Å². The Bertz CT molecular complexity index is 437. The molecule has 0 saturated carbocycles. The van der Waals surface area contributed by atoms with Crippen LogP contribution in [-0.2, 0) is 0 Å². The summed E-state index contributed by atoms with van der Waals surface area (Å²) in [6.45, 7) is 3.81. The zero-order chi connectivity index (χ0) is 14.6. The molecule has 0 fully saturated rings. The van der Waals surface area contributed by atoms with Gasteiger partial charge in [-0.05, 0) is 31.5 Å². The fourth-order valence-corrected chi connectivity index (χ4v) is 2.19. The van der Waals surface area contributed by atoms with E-state index >= 15 is 0 Å². The molecule has 1 N–H and O–H groups in total. The molecule has 1 aromatic rings. The number of hydrogen-bond acceptors (Lipinski definition) is 2. The Hall–Kier alpha value is -1.07. The maximum Gasteiger partial charge on any atom is 0.320 e. The highest BCUT2D eigenvalue weighted by atomic mass is 79.9. The van der Waals surface area contributed by atoms with Gasteiger partial charge in [0.1, 0.15) is 0 Å². The maximum atomic E-state index is 12.3. The summed E-state index contributed by atoms with van der Waals surface area (Å²) in [5.74, 6) is 0. The predicted molar refractivity (Wildman–Crippen MR) is 80.0 cm³/mol. The van der Waals surface area contributed by atoms with E-state index in [4.69, 9.17) is 0 Å². The van der Waals surface area contributed by atoms with E-state index < -0.39 is 0 Å². The number of amides is 2. The van der Waals surface area contributed by atoms with Crippen molar-refractivity contribution < 1.29 is 9.90 Å². The number of urea groups is 1. The van der Waals surface area contributed by atoms with Crippen LogP contribution in [0.5, 0.6) is 0 Å². The van der Waals surface area contributed by atoms with Crippen molar-refractivity contribution in [1.82, 2.24) is 9.80 Å². The lowest BCUT2D eigenvalue weighted by molar-refractivity contribution is 0.120. The first-order chi connectivity index (χ1) is 8.88. The normalized spacial score (nSPS) is 12.4. The van der Waals surface area contributed by atoms with E-state index in [0.717, 1.165) is 10.0 Å². The van der Waals surface area contributed by atoms with Crippen molar-refractivity contribution in [3.63, 3.8) is 0 Å². The molecular formula is C14H21BrN2O2. The monoisotopic (exact) mass is 328 g/mol. The number of nitrogens with zero attached hydrogens (tertiary/aromatic N) is 2. The third kappa shape index (κ3) is 3.94. The van der Waals surface area contributed by atoms with E-state index in [1.165, 1.54) is 0 Å². The Morgan fingerprint density at radius 3 is 2.42 bits per heavy atom. The van der Waals surface area contributed by atoms with E-state index in [9.17, 15) is 9.90 Å². The largest absolute Gasteiger partial charge is 0.394 e. The van der Waals surface area contributed by atoms with Crippen molar-refractivity contribution >= 4 is 22.0 Å². The zero-order valence-corrected chi connectivity index (χ0v) is 13.4. The molecule has 0 aliphatic rings. The van der Waals surface area contributed by atoms with Crippen molar-refractivity contribution in [1.29, 1.82) is 0 Å². The van der Waals surface area contributed by atoms with Gasteiger partial charge in [-0.1, -0.05) is 28.1 Å². The van der Waals surface area contributed by atoms with Crippen LogP contribution in [-0.4, -0.2) is 47.7 Å². The minimum Gasteiger partial charge on any atom is -0.394 e. The topological polar surface area (TPSA) is 43.8 Å². The van der Waals surface area contributed by atoms with Crippen LogP contribution in [0.15, 0.2) is 28.7 Å². The van der Waals surface area contributed by atoms with Crippen molar-refractivity contribution in [3.05, 3.63) is 34.3 Å². The Morgan fingerprint density at radius 2 is 1.95 bits per heavy atom. The van der Waals surface area contributed by atoms with Crippen LogP contribution in [0, 0.1) is 0 Å². The molecule has 0 saturated heterocycles. The lowest BCUT2D eigenvalue weighted by Gasteiger charge is -2.33. The number of aliphatic hydroxyl groups excluding tert-OH is 1. The second-order valence-corrected chi connectivity index (χ2v) is 5.77. The van der Waals surface area contributed by atoms with Crippen molar-refractivity contribution in [2.24, 2.45) is 0 Å². The predicted octanol–water partition coefficient (Wildman–Crippen LogP) is 2.87. The Morgan fingerprint density at radius 1 is 1.32 bits per heavy atom. The van der Waals surface area contributed by atoms with Gasteiger partial charge in [0.15, 0.2) is 0 Å². The molecule has 1 rings (SSSR count). The second-order valence-electron chi connectivity index (χ2n) is 4.85. The molecule has 2 amide bonds. The van der Waals surface area contributed by atoms with Crippen molar-refractivity contribution in [2.75, 3.05) is 20.7 Å². The first-order valence-corrected chi connectivity index (χ1v) is 7.03. The average Bonchev–Trinajstić information content (AvgIpc) is 2.37. The third-order valence-electron chi connectivity index (χ3n) is 3.25. The van der Waals surface area contributed by atoms with Gasteiger partial charge < -0.3 is 14.9 Å². The van der Waals surface area contributed by atoms with Crippen LogP contribution < -0.4 is 0 Å². The van der Waals surface area contributed by atoms with E-state index in [1.54, 1.807) is 23.9 Å². The molecule has 5 heteroatoms. The molecule has 0 heterocycles. The summed E-state index contributed by atoms with van der Waals surface area (Å²) in [7, 11) is 3.47.